The van der Waals surface area contributed by atoms with Gasteiger partial charge < -0.3 is 27.9 Å². The van der Waals surface area contributed by atoms with Crippen molar-refractivity contribution in [2.75, 3.05) is 13.7 Å². The van der Waals surface area contributed by atoms with Crippen molar-refractivity contribution in [1.29, 1.82) is 0 Å². The highest BCUT2D eigenvalue weighted by Gasteiger charge is 2.23. The van der Waals surface area contributed by atoms with Crippen LogP contribution in [-0.4, -0.2) is 42.5 Å². The Morgan fingerprint density at radius 1 is 1.09 bits per heavy atom. The molecule has 226 valence electrons. The van der Waals surface area contributed by atoms with Gasteiger partial charge in [-0.15, -0.1) is 0 Å². The average Bonchev–Trinajstić information content (AvgIpc) is 3.62. The summed E-state index contributed by atoms with van der Waals surface area (Å²) in [4.78, 5) is 24.4. The number of methoxy groups -OCH3 is 1. The fourth-order valence-electron chi connectivity index (χ4n) is 4.18. The molecule has 4 rings (SSSR count). The molecule has 0 saturated heterocycles. The number of esters is 1. The predicted octanol–water partition coefficient (Wildman–Crippen LogP) is 6.78. The van der Waals surface area contributed by atoms with E-state index in [4.69, 9.17) is 35.0 Å². The van der Waals surface area contributed by atoms with E-state index in [2.05, 4.69) is 57.0 Å². The summed E-state index contributed by atoms with van der Waals surface area (Å²) in [6.45, 7) is 7.91. The summed E-state index contributed by atoms with van der Waals surface area (Å²) in [5.74, 6) is 0.554. The number of ether oxygens (including phenoxy) is 4. The standard InChI is InChI=1S/C31H31BrClN3O7/c1-6-40-26-15-21(27(32)28(33)29(26)42-20(4)31(38)39-5)16-34-35-30(37)25-14-13-24(43-25)17-41-23-11-9-22(10-12-23)36-18(2)7-8-19(36)3/h7-16,20H,6,17H2,1-5H3,(H,35,37)/b34-16+/t20-/m0/s1. The van der Waals surface area contributed by atoms with Crippen LogP contribution in [0.2, 0.25) is 5.02 Å². The van der Waals surface area contributed by atoms with Gasteiger partial charge >= 0.3 is 11.9 Å². The molecule has 2 heterocycles. The van der Waals surface area contributed by atoms with E-state index in [1.807, 2.05) is 24.3 Å². The lowest BCUT2D eigenvalue weighted by molar-refractivity contribution is -0.147. The Bertz CT molecular complexity index is 1610. The van der Waals surface area contributed by atoms with Crippen LogP contribution in [0.1, 0.15) is 47.1 Å². The van der Waals surface area contributed by atoms with Crippen molar-refractivity contribution in [2.45, 2.75) is 40.4 Å². The van der Waals surface area contributed by atoms with Crippen molar-refractivity contribution < 1.29 is 33.0 Å². The molecule has 0 unspecified atom stereocenters. The molecular formula is C31H31BrClN3O7. The summed E-state index contributed by atoms with van der Waals surface area (Å²) >= 11 is 9.92. The number of furan rings is 1. The SMILES string of the molecule is CCOc1cc(/C=N/NC(=O)c2ccc(COc3ccc(-n4c(C)ccc4C)cc3)o2)c(Br)c(Cl)c1O[C@@H](C)C(=O)OC. The highest BCUT2D eigenvalue weighted by molar-refractivity contribution is 9.10. The average molecular weight is 673 g/mol. The Balaban J connectivity index is 1.37. The van der Waals surface area contributed by atoms with Crippen LogP contribution in [0.4, 0.5) is 0 Å². The minimum atomic E-state index is -0.916. The molecule has 1 N–H and O–H groups in total. The molecule has 0 radical (unpaired) electrons. The van der Waals surface area contributed by atoms with Crippen molar-refractivity contribution in [2.24, 2.45) is 5.10 Å². The Kier molecular flexibility index (Phi) is 10.5. The number of rotatable bonds is 12. The maximum atomic E-state index is 12.6. The van der Waals surface area contributed by atoms with Crippen molar-refractivity contribution in [1.82, 2.24) is 9.99 Å². The van der Waals surface area contributed by atoms with Crippen LogP contribution < -0.4 is 19.6 Å². The van der Waals surface area contributed by atoms with Gasteiger partial charge in [-0.1, -0.05) is 11.6 Å². The number of aryl methyl sites for hydroxylation is 2. The van der Waals surface area contributed by atoms with E-state index in [1.165, 1.54) is 20.2 Å². The van der Waals surface area contributed by atoms with E-state index in [9.17, 15) is 9.59 Å². The molecular weight excluding hydrogens is 642 g/mol. The first-order valence-corrected chi connectivity index (χ1v) is 14.5. The van der Waals surface area contributed by atoms with Gasteiger partial charge in [-0.05, 0) is 98.2 Å². The molecule has 1 amide bonds. The van der Waals surface area contributed by atoms with E-state index in [0.29, 0.717) is 33.9 Å². The molecule has 0 spiro atoms. The normalized spacial score (nSPS) is 11.8. The second-order valence-corrected chi connectivity index (χ2v) is 10.5. The quantitative estimate of drug-likeness (QED) is 0.100. The van der Waals surface area contributed by atoms with E-state index < -0.39 is 18.0 Å². The van der Waals surface area contributed by atoms with Gasteiger partial charge in [0.05, 0.1) is 19.9 Å². The number of hydrogen-bond donors (Lipinski definition) is 1. The van der Waals surface area contributed by atoms with E-state index in [1.54, 1.807) is 25.1 Å². The van der Waals surface area contributed by atoms with Crippen molar-refractivity contribution in [3.05, 3.63) is 92.6 Å². The molecule has 12 heteroatoms. The third-order valence-corrected chi connectivity index (χ3v) is 7.73. The van der Waals surface area contributed by atoms with Crippen LogP contribution in [0, 0.1) is 13.8 Å². The van der Waals surface area contributed by atoms with E-state index >= 15 is 0 Å². The largest absolute Gasteiger partial charge is 0.490 e. The van der Waals surface area contributed by atoms with Gasteiger partial charge in [0.2, 0.25) is 0 Å². The highest BCUT2D eigenvalue weighted by Crippen LogP contribution is 2.42. The number of halogens is 2. The summed E-state index contributed by atoms with van der Waals surface area (Å²) in [5, 5.41) is 4.18. The van der Waals surface area contributed by atoms with Crippen molar-refractivity contribution >= 4 is 45.6 Å². The zero-order valence-electron chi connectivity index (χ0n) is 24.3. The summed E-state index contributed by atoms with van der Waals surface area (Å²) < 4.78 is 30.1. The van der Waals surface area contributed by atoms with Crippen LogP contribution in [0.15, 0.2) is 68.6 Å². The number of carbonyl (C=O) groups is 2. The first kappa shape index (κ1) is 31.7. The molecule has 4 aromatic rings. The van der Waals surface area contributed by atoms with Crippen LogP contribution in [0.5, 0.6) is 17.2 Å². The zero-order chi connectivity index (χ0) is 31.1. The van der Waals surface area contributed by atoms with E-state index in [0.717, 1.165) is 17.1 Å². The first-order valence-electron chi connectivity index (χ1n) is 13.3. The number of nitrogens with zero attached hydrogens (tertiary/aromatic N) is 2. The fraction of sp³-hybridized carbons (Fsp3) is 0.258. The van der Waals surface area contributed by atoms with Gasteiger partial charge in [-0.3, -0.25) is 4.79 Å². The molecule has 0 aliphatic heterocycles. The lowest BCUT2D eigenvalue weighted by Crippen LogP contribution is -2.25. The third-order valence-electron chi connectivity index (χ3n) is 6.29. The zero-order valence-corrected chi connectivity index (χ0v) is 26.6. The van der Waals surface area contributed by atoms with Gasteiger partial charge in [0.25, 0.3) is 0 Å². The summed E-state index contributed by atoms with van der Waals surface area (Å²) in [5.41, 5.74) is 6.27. The molecule has 10 nitrogen and oxygen atoms in total. The number of amides is 1. The maximum absolute atomic E-state index is 12.6. The monoisotopic (exact) mass is 671 g/mol. The molecule has 43 heavy (non-hydrogen) atoms. The third kappa shape index (κ3) is 7.60. The Hall–Kier alpha value is -4.22. The van der Waals surface area contributed by atoms with E-state index in [-0.39, 0.29) is 23.1 Å². The van der Waals surface area contributed by atoms with Crippen molar-refractivity contribution in [3.8, 4) is 22.9 Å². The number of aromatic nitrogens is 1. The van der Waals surface area contributed by atoms with Crippen LogP contribution >= 0.6 is 27.5 Å². The van der Waals surface area contributed by atoms with Gasteiger partial charge in [-0.25, -0.2) is 10.2 Å². The summed E-state index contributed by atoms with van der Waals surface area (Å²) in [6.07, 6.45) is 0.470. The molecule has 0 aliphatic carbocycles. The van der Waals surface area contributed by atoms with Gasteiger partial charge in [0, 0.05) is 27.1 Å². The molecule has 0 fully saturated rings. The molecule has 0 aliphatic rings. The van der Waals surface area contributed by atoms with Gasteiger partial charge in [0.15, 0.2) is 23.4 Å². The van der Waals surface area contributed by atoms with Gasteiger partial charge in [-0.2, -0.15) is 5.10 Å². The Morgan fingerprint density at radius 3 is 2.44 bits per heavy atom. The molecule has 0 bridgehead atoms. The topological polar surface area (TPSA) is 114 Å². The molecule has 0 saturated carbocycles. The summed E-state index contributed by atoms with van der Waals surface area (Å²) in [7, 11) is 1.26. The van der Waals surface area contributed by atoms with Crippen LogP contribution in [0.3, 0.4) is 0 Å². The molecule has 2 aromatic carbocycles. The lowest BCUT2D eigenvalue weighted by atomic mass is 10.2. The number of nitrogens with one attached hydrogen (secondary N) is 1. The first-order chi connectivity index (χ1) is 20.6. The Labute approximate surface area is 262 Å². The van der Waals surface area contributed by atoms with Crippen LogP contribution in [0.25, 0.3) is 5.69 Å². The second-order valence-electron chi connectivity index (χ2n) is 9.34. The smallest absolute Gasteiger partial charge is 0.346 e. The minimum Gasteiger partial charge on any atom is -0.490 e. The number of hydrazone groups is 1. The fourth-order valence-corrected chi connectivity index (χ4v) is 4.82. The number of benzene rings is 2. The van der Waals surface area contributed by atoms with Crippen molar-refractivity contribution in [3.63, 3.8) is 0 Å². The second kappa shape index (κ2) is 14.3. The lowest BCUT2D eigenvalue weighted by Gasteiger charge is -2.18. The highest BCUT2D eigenvalue weighted by atomic mass is 79.9. The number of hydrogen-bond acceptors (Lipinski definition) is 8. The minimum absolute atomic E-state index is 0.0669. The molecule has 2 aromatic heterocycles. The number of carbonyl (C=O) groups excluding carboxylic acids is 2. The Morgan fingerprint density at radius 2 is 1.79 bits per heavy atom. The maximum Gasteiger partial charge on any atom is 0.346 e. The predicted molar refractivity (Wildman–Crippen MR) is 166 cm³/mol. The van der Waals surface area contributed by atoms with Crippen LogP contribution in [-0.2, 0) is 16.1 Å². The summed E-state index contributed by atoms with van der Waals surface area (Å²) in [6, 6.07) is 16.7. The van der Waals surface area contributed by atoms with Gasteiger partial charge in [0.1, 0.15) is 23.1 Å². The molecule has 1 atom stereocenters.